The van der Waals surface area contributed by atoms with Crippen molar-refractivity contribution in [2.75, 3.05) is 13.2 Å². The van der Waals surface area contributed by atoms with E-state index in [9.17, 15) is 9.59 Å². The number of hydrogen-bond acceptors (Lipinski definition) is 6. The molecule has 0 saturated carbocycles. The van der Waals surface area contributed by atoms with Crippen molar-refractivity contribution in [1.82, 2.24) is 0 Å². The fourth-order valence-corrected chi connectivity index (χ4v) is 3.92. The first kappa shape index (κ1) is 21.5. The SMILES string of the molecule is CCCCc1ccc(C(=O)O[C@@H]2COC3C2OC[C@@H]3OC(=O)c2ccc(C)cc2)cc1. The molecule has 164 valence electrons. The van der Waals surface area contributed by atoms with Gasteiger partial charge in [0.2, 0.25) is 0 Å². The van der Waals surface area contributed by atoms with Crippen LogP contribution in [0, 0.1) is 6.92 Å². The molecule has 2 aromatic carbocycles. The van der Waals surface area contributed by atoms with Crippen molar-refractivity contribution in [2.45, 2.75) is 57.5 Å². The van der Waals surface area contributed by atoms with Gasteiger partial charge in [-0.3, -0.25) is 0 Å². The predicted molar refractivity (Wildman–Crippen MR) is 114 cm³/mol. The largest absolute Gasteiger partial charge is 0.453 e. The smallest absolute Gasteiger partial charge is 0.338 e. The first-order chi connectivity index (χ1) is 15.0. The van der Waals surface area contributed by atoms with Crippen molar-refractivity contribution in [1.29, 1.82) is 0 Å². The zero-order chi connectivity index (χ0) is 21.8. The molecule has 4 rings (SSSR count). The third-order valence-electron chi connectivity index (χ3n) is 5.78. The van der Waals surface area contributed by atoms with Crippen LogP contribution in [0.4, 0.5) is 0 Å². The van der Waals surface area contributed by atoms with Gasteiger partial charge in [0, 0.05) is 0 Å². The average Bonchev–Trinajstić information content (AvgIpc) is 3.36. The van der Waals surface area contributed by atoms with Gasteiger partial charge in [0.1, 0.15) is 12.2 Å². The third-order valence-corrected chi connectivity index (χ3v) is 5.78. The van der Waals surface area contributed by atoms with E-state index in [1.54, 1.807) is 24.3 Å². The fraction of sp³-hybridized carbons (Fsp3) is 0.440. The molecule has 4 atom stereocenters. The van der Waals surface area contributed by atoms with Crippen LogP contribution in [0.25, 0.3) is 0 Å². The Labute approximate surface area is 182 Å². The minimum Gasteiger partial charge on any atom is -0.453 e. The molecule has 2 heterocycles. The maximum Gasteiger partial charge on any atom is 0.338 e. The molecule has 31 heavy (non-hydrogen) atoms. The molecule has 0 radical (unpaired) electrons. The van der Waals surface area contributed by atoms with E-state index in [0.717, 1.165) is 24.8 Å². The number of hydrogen-bond donors (Lipinski definition) is 0. The van der Waals surface area contributed by atoms with Crippen LogP contribution in [0.3, 0.4) is 0 Å². The topological polar surface area (TPSA) is 71.1 Å². The Morgan fingerprint density at radius 2 is 1.32 bits per heavy atom. The number of ether oxygens (including phenoxy) is 4. The lowest BCUT2D eigenvalue weighted by molar-refractivity contribution is -0.0287. The van der Waals surface area contributed by atoms with Gasteiger partial charge in [0.15, 0.2) is 12.2 Å². The Hall–Kier alpha value is -2.70. The molecular weight excluding hydrogens is 396 g/mol. The number of aryl methyl sites for hydroxylation is 2. The van der Waals surface area contributed by atoms with E-state index in [4.69, 9.17) is 18.9 Å². The quantitative estimate of drug-likeness (QED) is 0.628. The molecule has 2 aliphatic rings. The zero-order valence-corrected chi connectivity index (χ0v) is 17.9. The van der Waals surface area contributed by atoms with E-state index in [-0.39, 0.29) is 13.2 Å². The molecule has 0 bridgehead atoms. The molecule has 0 spiro atoms. The van der Waals surface area contributed by atoms with Gasteiger partial charge in [-0.25, -0.2) is 9.59 Å². The molecule has 2 aliphatic heterocycles. The summed E-state index contributed by atoms with van der Waals surface area (Å²) < 4.78 is 22.8. The summed E-state index contributed by atoms with van der Waals surface area (Å²) in [5.41, 5.74) is 3.27. The molecule has 2 fully saturated rings. The van der Waals surface area contributed by atoms with Crippen LogP contribution in [0.2, 0.25) is 0 Å². The summed E-state index contributed by atoms with van der Waals surface area (Å²) in [4.78, 5) is 25.0. The summed E-state index contributed by atoms with van der Waals surface area (Å²) in [6, 6.07) is 14.7. The summed E-state index contributed by atoms with van der Waals surface area (Å²) in [6.45, 7) is 4.54. The van der Waals surface area contributed by atoms with Crippen LogP contribution in [0.15, 0.2) is 48.5 Å². The van der Waals surface area contributed by atoms with Crippen molar-refractivity contribution in [3.63, 3.8) is 0 Å². The minimum atomic E-state index is -0.527. The Morgan fingerprint density at radius 3 is 1.81 bits per heavy atom. The van der Waals surface area contributed by atoms with Crippen LogP contribution in [0.5, 0.6) is 0 Å². The number of esters is 2. The van der Waals surface area contributed by atoms with Crippen LogP contribution < -0.4 is 0 Å². The van der Waals surface area contributed by atoms with Crippen LogP contribution in [-0.4, -0.2) is 49.6 Å². The lowest BCUT2D eigenvalue weighted by atomic mass is 10.1. The number of rotatable bonds is 7. The Balaban J connectivity index is 1.32. The third kappa shape index (κ3) is 4.97. The molecule has 6 nitrogen and oxygen atoms in total. The van der Waals surface area contributed by atoms with Gasteiger partial charge in [-0.15, -0.1) is 0 Å². The van der Waals surface area contributed by atoms with E-state index < -0.39 is 36.4 Å². The second-order valence-corrected chi connectivity index (χ2v) is 8.15. The average molecular weight is 424 g/mol. The highest BCUT2D eigenvalue weighted by Crippen LogP contribution is 2.31. The monoisotopic (exact) mass is 424 g/mol. The second-order valence-electron chi connectivity index (χ2n) is 8.15. The maximum absolute atomic E-state index is 12.6. The van der Waals surface area contributed by atoms with Gasteiger partial charge in [0.05, 0.1) is 24.3 Å². The first-order valence-corrected chi connectivity index (χ1v) is 10.9. The number of benzene rings is 2. The lowest BCUT2D eigenvalue weighted by Crippen LogP contribution is -2.36. The van der Waals surface area contributed by atoms with Crippen molar-refractivity contribution in [3.05, 3.63) is 70.8 Å². The van der Waals surface area contributed by atoms with Crippen LogP contribution >= 0.6 is 0 Å². The lowest BCUT2D eigenvalue weighted by Gasteiger charge is -2.17. The summed E-state index contributed by atoms with van der Waals surface area (Å²) in [7, 11) is 0. The van der Waals surface area contributed by atoms with Gasteiger partial charge < -0.3 is 18.9 Å². The number of carbonyl (C=O) groups is 2. The van der Waals surface area contributed by atoms with E-state index in [2.05, 4.69) is 6.92 Å². The van der Waals surface area contributed by atoms with Gasteiger partial charge in [-0.1, -0.05) is 43.2 Å². The molecule has 6 heteroatoms. The molecule has 0 N–H and O–H groups in total. The molecule has 2 unspecified atom stereocenters. The number of fused-ring (bicyclic) bond motifs is 1. The Bertz CT molecular complexity index is 905. The van der Waals surface area contributed by atoms with E-state index in [1.165, 1.54) is 5.56 Å². The highest BCUT2D eigenvalue weighted by atomic mass is 16.7. The van der Waals surface area contributed by atoms with Gasteiger partial charge in [-0.05, 0) is 49.6 Å². The summed E-state index contributed by atoms with van der Waals surface area (Å²) >= 11 is 0. The van der Waals surface area contributed by atoms with Gasteiger partial charge >= 0.3 is 11.9 Å². The summed E-state index contributed by atoms with van der Waals surface area (Å²) in [6.07, 6.45) is 1.32. The van der Waals surface area contributed by atoms with Crippen molar-refractivity contribution in [2.24, 2.45) is 0 Å². The highest BCUT2D eigenvalue weighted by Gasteiger charge is 2.51. The van der Waals surface area contributed by atoms with E-state index >= 15 is 0 Å². The highest BCUT2D eigenvalue weighted by molar-refractivity contribution is 5.90. The Morgan fingerprint density at radius 1 is 0.839 bits per heavy atom. The van der Waals surface area contributed by atoms with Gasteiger partial charge in [-0.2, -0.15) is 0 Å². The minimum absolute atomic E-state index is 0.215. The normalized spacial score (nSPS) is 24.6. The molecule has 0 aromatic heterocycles. The molecule has 0 amide bonds. The molecule has 2 aromatic rings. The van der Waals surface area contributed by atoms with E-state index in [0.29, 0.717) is 11.1 Å². The van der Waals surface area contributed by atoms with E-state index in [1.807, 2.05) is 31.2 Å². The van der Waals surface area contributed by atoms with Crippen molar-refractivity contribution in [3.8, 4) is 0 Å². The maximum atomic E-state index is 12.6. The van der Waals surface area contributed by atoms with Crippen molar-refractivity contribution < 1.29 is 28.5 Å². The molecular formula is C25H28O6. The first-order valence-electron chi connectivity index (χ1n) is 10.9. The zero-order valence-electron chi connectivity index (χ0n) is 17.9. The summed E-state index contributed by atoms with van der Waals surface area (Å²) in [5, 5.41) is 0. The molecule has 2 saturated heterocycles. The standard InChI is InChI=1S/C25H28O6/c1-3-4-5-17-8-12-19(13-9-17)25(27)31-21-15-29-22-20(14-28-23(21)22)30-24(26)18-10-6-16(2)7-11-18/h6-13,20-23H,3-5,14-15H2,1-2H3/t20-,21+,22?,23?/m0/s1. The van der Waals surface area contributed by atoms with Crippen LogP contribution in [-0.2, 0) is 25.4 Å². The van der Waals surface area contributed by atoms with Gasteiger partial charge in [0.25, 0.3) is 0 Å². The summed E-state index contributed by atoms with van der Waals surface area (Å²) in [5.74, 6) is -0.818. The molecule has 0 aliphatic carbocycles. The predicted octanol–water partition coefficient (Wildman–Crippen LogP) is 3.89. The number of unbranched alkanes of at least 4 members (excludes halogenated alkanes) is 1. The second kappa shape index (κ2) is 9.62. The fourth-order valence-electron chi connectivity index (χ4n) is 3.92. The van der Waals surface area contributed by atoms with Crippen molar-refractivity contribution >= 4 is 11.9 Å². The van der Waals surface area contributed by atoms with Crippen LogP contribution in [0.1, 0.15) is 51.6 Å². The Kier molecular flexibility index (Phi) is 6.68. The number of carbonyl (C=O) groups excluding carboxylic acids is 2.